The number of amides is 1. The van der Waals surface area contributed by atoms with Crippen molar-refractivity contribution >= 4 is 5.91 Å². The van der Waals surface area contributed by atoms with Crippen LogP contribution in [-0.4, -0.2) is 40.4 Å². The summed E-state index contributed by atoms with van der Waals surface area (Å²) in [5, 5.41) is 2.95. The third kappa shape index (κ3) is 4.63. The average molecular weight is 314 g/mol. The van der Waals surface area contributed by atoms with Crippen LogP contribution in [0.2, 0.25) is 0 Å². The Kier molecular flexibility index (Phi) is 5.37. The van der Waals surface area contributed by atoms with Crippen LogP contribution in [0.15, 0.2) is 41.5 Å². The summed E-state index contributed by atoms with van der Waals surface area (Å²) >= 11 is 0. The first-order valence-electron chi connectivity index (χ1n) is 8.09. The van der Waals surface area contributed by atoms with Crippen LogP contribution in [-0.2, 0) is 6.54 Å². The minimum Gasteiger partial charge on any atom is -0.468 e. The van der Waals surface area contributed by atoms with Gasteiger partial charge in [0.05, 0.1) is 18.4 Å². The van der Waals surface area contributed by atoms with E-state index in [1.165, 1.54) is 31.6 Å². The lowest BCUT2D eigenvalue weighted by atomic mass is 9.94. The molecule has 23 heavy (non-hydrogen) atoms. The summed E-state index contributed by atoms with van der Waals surface area (Å²) in [6.45, 7) is 3.74. The van der Waals surface area contributed by atoms with Crippen molar-refractivity contribution in [3.63, 3.8) is 0 Å². The fraction of sp³-hybridized carbons (Fsp3) is 0.471. The molecule has 2 aromatic heterocycles. The van der Waals surface area contributed by atoms with Gasteiger partial charge in [-0.15, -0.1) is 0 Å². The molecule has 0 saturated carbocycles. The highest BCUT2D eigenvalue weighted by atomic mass is 16.3. The molecule has 1 fully saturated rings. The molecular formula is C17H22N4O2. The second-order valence-corrected chi connectivity index (χ2v) is 5.99. The van der Waals surface area contributed by atoms with Crippen molar-refractivity contribution < 1.29 is 9.21 Å². The molecule has 1 saturated heterocycles. The lowest BCUT2D eigenvalue weighted by molar-refractivity contribution is 0.0945. The van der Waals surface area contributed by atoms with E-state index in [4.69, 9.17) is 4.42 Å². The van der Waals surface area contributed by atoms with E-state index in [1.807, 2.05) is 12.1 Å². The molecule has 0 unspecified atom stereocenters. The van der Waals surface area contributed by atoms with E-state index < -0.39 is 0 Å². The van der Waals surface area contributed by atoms with Gasteiger partial charge in [0.25, 0.3) is 5.91 Å². The number of carbonyl (C=O) groups excluding carboxylic acids is 1. The van der Waals surface area contributed by atoms with E-state index >= 15 is 0 Å². The first-order valence-corrected chi connectivity index (χ1v) is 8.09. The molecule has 6 heteroatoms. The third-order valence-corrected chi connectivity index (χ3v) is 4.22. The Morgan fingerprint density at radius 3 is 3.04 bits per heavy atom. The predicted molar refractivity (Wildman–Crippen MR) is 85.7 cm³/mol. The number of hydrogen-bond acceptors (Lipinski definition) is 5. The highest BCUT2D eigenvalue weighted by molar-refractivity contribution is 5.93. The number of aromatic nitrogens is 2. The van der Waals surface area contributed by atoms with Crippen LogP contribution in [0.25, 0.3) is 0 Å². The van der Waals surface area contributed by atoms with Gasteiger partial charge in [0.15, 0.2) is 0 Å². The van der Waals surface area contributed by atoms with Crippen molar-refractivity contribution in [1.29, 1.82) is 0 Å². The highest BCUT2D eigenvalue weighted by Crippen LogP contribution is 2.21. The Bertz CT molecular complexity index is 600. The summed E-state index contributed by atoms with van der Waals surface area (Å²) in [7, 11) is 0. The summed E-state index contributed by atoms with van der Waals surface area (Å²) in [4.78, 5) is 22.1. The second kappa shape index (κ2) is 7.87. The minimum atomic E-state index is -0.103. The molecule has 3 heterocycles. The molecule has 6 nitrogen and oxygen atoms in total. The Labute approximate surface area is 135 Å². The molecule has 0 bridgehead atoms. The molecule has 2 aromatic rings. The Morgan fingerprint density at radius 1 is 1.39 bits per heavy atom. The number of likely N-dealkylation sites (tertiary alicyclic amines) is 1. The van der Waals surface area contributed by atoms with Crippen molar-refractivity contribution in [3.8, 4) is 0 Å². The minimum absolute atomic E-state index is 0.103. The van der Waals surface area contributed by atoms with E-state index in [0.717, 1.165) is 31.8 Å². The first-order chi connectivity index (χ1) is 11.3. The largest absolute Gasteiger partial charge is 0.468 e. The monoisotopic (exact) mass is 314 g/mol. The van der Waals surface area contributed by atoms with Gasteiger partial charge in [0, 0.05) is 25.5 Å². The van der Waals surface area contributed by atoms with E-state index in [9.17, 15) is 4.79 Å². The number of carbonyl (C=O) groups is 1. The molecule has 0 aliphatic carbocycles. The van der Waals surface area contributed by atoms with Gasteiger partial charge < -0.3 is 9.73 Å². The fourth-order valence-electron chi connectivity index (χ4n) is 3.06. The van der Waals surface area contributed by atoms with Gasteiger partial charge >= 0.3 is 0 Å². The third-order valence-electron chi connectivity index (χ3n) is 4.22. The maximum atomic E-state index is 11.9. The zero-order valence-electron chi connectivity index (χ0n) is 13.1. The summed E-state index contributed by atoms with van der Waals surface area (Å²) in [5.74, 6) is 1.53. The number of furan rings is 1. The highest BCUT2D eigenvalue weighted by Gasteiger charge is 2.20. The molecule has 1 atom stereocenters. The van der Waals surface area contributed by atoms with Gasteiger partial charge in [-0.3, -0.25) is 9.69 Å². The molecule has 0 radical (unpaired) electrons. The molecule has 1 N–H and O–H groups in total. The van der Waals surface area contributed by atoms with E-state index in [-0.39, 0.29) is 5.91 Å². The van der Waals surface area contributed by atoms with E-state index in [2.05, 4.69) is 20.2 Å². The van der Waals surface area contributed by atoms with E-state index in [1.54, 1.807) is 6.26 Å². The van der Waals surface area contributed by atoms with Gasteiger partial charge in [-0.2, -0.15) is 0 Å². The van der Waals surface area contributed by atoms with Crippen LogP contribution in [0.5, 0.6) is 0 Å². The summed E-state index contributed by atoms with van der Waals surface area (Å²) in [5.41, 5.74) is 0.510. The smallest absolute Gasteiger partial charge is 0.254 e. The van der Waals surface area contributed by atoms with Crippen LogP contribution >= 0.6 is 0 Å². The zero-order chi connectivity index (χ0) is 15.9. The molecule has 0 spiro atoms. The topological polar surface area (TPSA) is 71.3 Å². The molecule has 1 aliphatic heterocycles. The van der Waals surface area contributed by atoms with Gasteiger partial charge in [0.1, 0.15) is 12.1 Å². The average Bonchev–Trinajstić information content (AvgIpc) is 3.09. The Balaban J connectivity index is 1.40. The normalized spacial score (nSPS) is 18.7. The summed E-state index contributed by atoms with van der Waals surface area (Å²) < 4.78 is 5.42. The maximum Gasteiger partial charge on any atom is 0.254 e. The van der Waals surface area contributed by atoms with E-state index in [0.29, 0.717) is 18.0 Å². The van der Waals surface area contributed by atoms with Crippen molar-refractivity contribution in [2.24, 2.45) is 5.92 Å². The number of nitrogens with one attached hydrogen (secondary N) is 1. The summed E-state index contributed by atoms with van der Waals surface area (Å²) in [6.07, 6.45) is 9.63. The maximum absolute atomic E-state index is 11.9. The van der Waals surface area contributed by atoms with Crippen molar-refractivity contribution in [2.75, 3.05) is 19.6 Å². The molecule has 3 rings (SSSR count). The Morgan fingerprint density at radius 2 is 2.26 bits per heavy atom. The molecule has 1 aliphatic rings. The molecule has 122 valence electrons. The molecule has 0 aromatic carbocycles. The zero-order valence-corrected chi connectivity index (χ0v) is 13.1. The molecule has 1 amide bonds. The van der Waals surface area contributed by atoms with Gasteiger partial charge in [-0.1, -0.05) is 0 Å². The van der Waals surface area contributed by atoms with Gasteiger partial charge in [-0.25, -0.2) is 9.97 Å². The van der Waals surface area contributed by atoms with Crippen LogP contribution in [0.4, 0.5) is 0 Å². The Hall–Kier alpha value is -2.21. The van der Waals surface area contributed by atoms with Crippen molar-refractivity contribution in [3.05, 3.63) is 48.4 Å². The standard InChI is InChI=1S/C17H22N4O2/c22-17(15-9-18-13-19-10-15)20-6-5-14-3-1-7-21(11-14)12-16-4-2-8-23-16/h2,4,8-10,13-14H,1,3,5-7,11-12H2,(H,20,22)/t14-/m1/s1. The number of rotatable bonds is 6. The van der Waals surface area contributed by atoms with Crippen LogP contribution in [0.1, 0.15) is 35.4 Å². The number of hydrogen-bond donors (Lipinski definition) is 1. The van der Waals surface area contributed by atoms with Crippen molar-refractivity contribution in [1.82, 2.24) is 20.2 Å². The number of nitrogens with zero attached hydrogens (tertiary/aromatic N) is 3. The number of piperidine rings is 1. The molecular weight excluding hydrogens is 292 g/mol. The fourth-order valence-corrected chi connectivity index (χ4v) is 3.06. The lowest BCUT2D eigenvalue weighted by Gasteiger charge is -2.32. The van der Waals surface area contributed by atoms with Crippen LogP contribution in [0.3, 0.4) is 0 Å². The van der Waals surface area contributed by atoms with Crippen LogP contribution < -0.4 is 5.32 Å². The second-order valence-electron chi connectivity index (χ2n) is 5.99. The van der Waals surface area contributed by atoms with Gasteiger partial charge in [-0.05, 0) is 43.9 Å². The van der Waals surface area contributed by atoms with Gasteiger partial charge in [0.2, 0.25) is 0 Å². The van der Waals surface area contributed by atoms with Crippen LogP contribution in [0, 0.1) is 5.92 Å². The first kappa shape index (κ1) is 15.7. The summed E-state index contributed by atoms with van der Waals surface area (Å²) in [6, 6.07) is 3.95. The quantitative estimate of drug-likeness (QED) is 0.884. The lowest BCUT2D eigenvalue weighted by Crippen LogP contribution is -2.36. The SMILES string of the molecule is O=C(NCC[C@H]1CCCN(Cc2ccco2)C1)c1cncnc1. The van der Waals surface area contributed by atoms with Crippen molar-refractivity contribution in [2.45, 2.75) is 25.8 Å². The predicted octanol–water partition coefficient (Wildman–Crippen LogP) is 2.10.